The summed E-state index contributed by atoms with van der Waals surface area (Å²) in [5.41, 5.74) is -1.13. The summed E-state index contributed by atoms with van der Waals surface area (Å²) in [7, 11) is 1.31. The fourth-order valence-electron chi connectivity index (χ4n) is 8.28. The lowest BCUT2D eigenvalue weighted by atomic mass is 9.92. The van der Waals surface area contributed by atoms with Crippen LogP contribution in [0.15, 0.2) is 30.3 Å². The molecule has 4 atom stereocenters. The highest BCUT2D eigenvalue weighted by molar-refractivity contribution is 6.05. The van der Waals surface area contributed by atoms with Crippen LogP contribution in [-0.4, -0.2) is 90.1 Å². The molecule has 0 radical (unpaired) electrons. The van der Waals surface area contributed by atoms with Gasteiger partial charge in [-0.1, -0.05) is 30.2 Å². The summed E-state index contributed by atoms with van der Waals surface area (Å²) in [4.78, 5) is 21.8. The minimum Gasteiger partial charge on any atom is -0.493 e. The van der Waals surface area contributed by atoms with Gasteiger partial charge in [0.1, 0.15) is 29.9 Å². The SMILES string of the molecule is C#Cc1c(F)ccc2cccc(-c3c(F)c(OC)c4c(N5CC6CCC(C5)N6)nc(OC[C@@]56CCCN5C[C@H](F)C6)nc4c3F)c12.O=CO. The second-order valence-corrected chi connectivity index (χ2v) is 13.1. The van der Waals surface area contributed by atoms with Gasteiger partial charge in [-0.2, -0.15) is 9.97 Å². The normalized spacial score (nSPS) is 24.4. The fourth-order valence-corrected chi connectivity index (χ4v) is 8.28. The quantitative estimate of drug-likeness (QED) is 0.157. The Morgan fingerprint density at radius 3 is 2.57 bits per heavy atom. The molecule has 8 rings (SSSR count). The van der Waals surface area contributed by atoms with E-state index in [9.17, 15) is 8.78 Å². The highest BCUT2D eigenvalue weighted by Gasteiger charge is 2.49. The van der Waals surface area contributed by atoms with Gasteiger partial charge in [0.2, 0.25) is 0 Å². The Kier molecular flexibility index (Phi) is 8.71. The molecule has 13 heteroatoms. The molecule has 0 aliphatic carbocycles. The molecule has 256 valence electrons. The molecule has 9 nitrogen and oxygen atoms in total. The molecule has 0 spiro atoms. The summed E-state index contributed by atoms with van der Waals surface area (Å²) in [5, 5.41) is 11.3. The van der Waals surface area contributed by atoms with Gasteiger partial charge in [0, 0.05) is 43.5 Å². The highest BCUT2D eigenvalue weighted by atomic mass is 19.1. The number of aromatic nitrogens is 2. The predicted octanol–water partition coefficient (Wildman–Crippen LogP) is 5.45. The number of carbonyl (C=O) groups is 1. The summed E-state index contributed by atoms with van der Waals surface area (Å²) < 4.78 is 75.0. The van der Waals surface area contributed by atoms with Gasteiger partial charge in [-0.25, -0.2) is 17.6 Å². The van der Waals surface area contributed by atoms with Gasteiger partial charge in [-0.15, -0.1) is 6.42 Å². The standard InChI is InChI=1S/C35H33F4N5O2.CH2O2/c1-3-23-25(37)11-8-19-6-4-7-24(26(19)23)27-29(38)31-28(32(45-2)30(27)39)33(43-16-21-9-10-22(17-43)40-21)42-34(41-31)46-18-35-12-5-13-44(35)15-20(36)14-35;2-1-3/h1,4,6-8,11,20-22,40H,5,9-10,12-18H2,2H3;1H,(H,2,3)/t20-,21?,22?,35+;/m1./s1. The molecule has 4 aliphatic heterocycles. The summed E-state index contributed by atoms with van der Waals surface area (Å²) in [5.74, 6) is -0.179. The van der Waals surface area contributed by atoms with Gasteiger partial charge in [-0.05, 0) is 49.2 Å². The van der Waals surface area contributed by atoms with Crippen LogP contribution in [0.5, 0.6) is 11.8 Å². The number of ether oxygens (including phenoxy) is 2. The Bertz CT molecular complexity index is 1980. The van der Waals surface area contributed by atoms with Crippen molar-refractivity contribution < 1.29 is 36.9 Å². The van der Waals surface area contributed by atoms with Crippen LogP contribution in [-0.2, 0) is 4.79 Å². The molecule has 3 aromatic carbocycles. The van der Waals surface area contributed by atoms with Gasteiger partial charge >= 0.3 is 6.01 Å². The van der Waals surface area contributed by atoms with Crippen LogP contribution in [0.3, 0.4) is 0 Å². The first-order valence-electron chi connectivity index (χ1n) is 16.3. The van der Waals surface area contributed by atoms with E-state index in [1.54, 1.807) is 12.1 Å². The third-order valence-corrected chi connectivity index (χ3v) is 10.3. The second kappa shape index (κ2) is 13.0. The molecule has 4 aliphatic rings. The summed E-state index contributed by atoms with van der Waals surface area (Å²) in [6.45, 7) is 2.19. The third-order valence-electron chi connectivity index (χ3n) is 10.3. The maximum Gasteiger partial charge on any atom is 0.319 e. The topological polar surface area (TPSA) is 100 Å². The highest BCUT2D eigenvalue weighted by Crippen LogP contribution is 2.46. The number of hydrogen-bond donors (Lipinski definition) is 2. The van der Waals surface area contributed by atoms with E-state index < -0.39 is 34.7 Å². The number of methoxy groups -OCH3 is 1. The van der Waals surface area contributed by atoms with Crippen molar-refractivity contribution >= 4 is 34.0 Å². The number of carboxylic acid groups (broad SMARTS) is 1. The number of anilines is 1. The molecule has 49 heavy (non-hydrogen) atoms. The predicted molar refractivity (Wildman–Crippen MR) is 176 cm³/mol. The maximum absolute atomic E-state index is 17.0. The molecule has 4 aromatic rings. The van der Waals surface area contributed by atoms with E-state index in [-0.39, 0.29) is 64.3 Å². The van der Waals surface area contributed by atoms with Crippen molar-refractivity contribution in [2.24, 2.45) is 0 Å². The molecule has 4 saturated heterocycles. The Balaban J connectivity index is 0.00000122. The number of rotatable bonds is 6. The van der Waals surface area contributed by atoms with Crippen LogP contribution in [0.1, 0.15) is 37.7 Å². The van der Waals surface area contributed by atoms with Gasteiger partial charge in [0.25, 0.3) is 6.47 Å². The minimum absolute atomic E-state index is 0.0726. The third kappa shape index (κ3) is 5.56. The van der Waals surface area contributed by atoms with Crippen LogP contribution in [0.4, 0.5) is 23.4 Å². The first-order chi connectivity index (χ1) is 23.7. The van der Waals surface area contributed by atoms with Crippen LogP contribution >= 0.6 is 0 Å². The monoisotopic (exact) mass is 677 g/mol. The zero-order chi connectivity index (χ0) is 34.4. The Morgan fingerprint density at radius 2 is 1.86 bits per heavy atom. The molecule has 1 aromatic heterocycles. The maximum atomic E-state index is 17.0. The number of nitrogens with one attached hydrogen (secondary N) is 1. The number of benzene rings is 3. The van der Waals surface area contributed by atoms with E-state index in [4.69, 9.17) is 30.8 Å². The number of alkyl halides is 1. The summed E-state index contributed by atoms with van der Waals surface area (Å²) >= 11 is 0. The number of fused-ring (bicyclic) bond motifs is 5. The first kappa shape index (κ1) is 32.9. The van der Waals surface area contributed by atoms with E-state index >= 15 is 8.78 Å². The Morgan fingerprint density at radius 1 is 1.10 bits per heavy atom. The molecule has 5 heterocycles. The van der Waals surface area contributed by atoms with Crippen molar-refractivity contribution in [2.45, 2.75) is 55.9 Å². The van der Waals surface area contributed by atoms with Crippen molar-refractivity contribution in [1.29, 1.82) is 0 Å². The van der Waals surface area contributed by atoms with E-state index in [0.29, 0.717) is 37.3 Å². The minimum atomic E-state index is -0.968. The van der Waals surface area contributed by atoms with E-state index in [2.05, 4.69) is 21.1 Å². The molecule has 2 unspecified atom stereocenters. The summed E-state index contributed by atoms with van der Waals surface area (Å²) in [6, 6.07) is 7.92. The number of terminal acetylenes is 1. The van der Waals surface area contributed by atoms with Crippen molar-refractivity contribution in [3.05, 3.63) is 53.3 Å². The molecule has 0 amide bonds. The first-order valence-corrected chi connectivity index (χ1v) is 16.3. The molecule has 0 saturated carbocycles. The smallest absolute Gasteiger partial charge is 0.319 e. The number of halogens is 4. The molecule has 4 fully saturated rings. The number of piperazine rings is 1. The van der Waals surface area contributed by atoms with Crippen molar-refractivity contribution in [1.82, 2.24) is 20.2 Å². The van der Waals surface area contributed by atoms with Gasteiger partial charge in [0.15, 0.2) is 17.4 Å². The van der Waals surface area contributed by atoms with E-state index in [1.807, 2.05) is 4.90 Å². The van der Waals surface area contributed by atoms with Crippen LogP contribution in [0.2, 0.25) is 0 Å². The second-order valence-electron chi connectivity index (χ2n) is 13.1. The Labute approximate surface area is 280 Å². The van der Waals surface area contributed by atoms with Crippen molar-refractivity contribution in [2.75, 3.05) is 44.8 Å². The van der Waals surface area contributed by atoms with Gasteiger partial charge in [-0.3, -0.25) is 9.69 Å². The van der Waals surface area contributed by atoms with E-state index in [1.165, 1.54) is 25.3 Å². The number of nitrogens with zero attached hydrogens (tertiary/aromatic N) is 4. The van der Waals surface area contributed by atoms with Crippen molar-refractivity contribution in [3.8, 4) is 35.2 Å². The molecule has 2 N–H and O–H groups in total. The van der Waals surface area contributed by atoms with Crippen LogP contribution < -0.4 is 19.7 Å². The fraction of sp³-hybridized carbons (Fsp3) is 0.417. The van der Waals surface area contributed by atoms with E-state index in [0.717, 1.165) is 32.2 Å². The lowest BCUT2D eigenvalue weighted by Crippen LogP contribution is -2.51. The molecular weight excluding hydrogens is 642 g/mol. The zero-order valence-corrected chi connectivity index (χ0v) is 26.8. The zero-order valence-electron chi connectivity index (χ0n) is 26.8. The lowest BCUT2D eigenvalue weighted by molar-refractivity contribution is -0.122. The molecular formula is C36H35F4N5O4. The summed E-state index contributed by atoms with van der Waals surface area (Å²) in [6.07, 6.45) is 8.77. The van der Waals surface area contributed by atoms with Crippen molar-refractivity contribution in [3.63, 3.8) is 0 Å². The largest absolute Gasteiger partial charge is 0.493 e. The lowest BCUT2D eigenvalue weighted by Gasteiger charge is -2.35. The Hall–Kier alpha value is -4.67. The average Bonchev–Trinajstić information content (AvgIpc) is 3.74. The van der Waals surface area contributed by atoms with Gasteiger partial charge < -0.3 is 24.8 Å². The van der Waals surface area contributed by atoms with Crippen LogP contribution in [0.25, 0.3) is 32.8 Å². The van der Waals surface area contributed by atoms with Gasteiger partial charge in [0.05, 0.1) is 29.2 Å². The molecule has 2 bridgehead atoms. The number of hydrogen-bond acceptors (Lipinski definition) is 8. The average molecular weight is 678 g/mol. The van der Waals surface area contributed by atoms with Crippen LogP contribution in [0, 0.1) is 29.8 Å².